The van der Waals surface area contributed by atoms with E-state index in [4.69, 9.17) is 0 Å². The number of amides is 1. The predicted octanol–water partition coefficient (Wildman–Crippen LogP) is 4.71. The molecule has 0 unspecified atom stereocenters. The summed E-state index contributed by atoms with van der Waals surface area (Å²) in [6.07, 6.45) is -4.45. The van der Waals surface area contributed by atoms with Crippen LogP contribution in [0.15, 0.2) is 47.4 Å². The number of halogens is 5. The van der Waals surface area contributed by atoms with Gasteiger partial charge in [-0.05, 0) is 30.3 Å². The standard InChI is InChI=1S/C15H10F5NOS/c16-12-5-4-10(7-13(12)17)21-14(22)8-23-11-3-1-2-9(6-11)15(18,19)20/h1-7H,8H2,(H,21,22). The van der Waals surface area contributed by atoms with Gasteiger partial charge in [0.25, 0.3) is 0 Å². The molecule has 1 N–H and O–H groups in total. The van der Waals surface area contributed by atoms with Gasteiger partial charge in [-0.1, -0.05) is 6.07 Å². The molecular formula is C15H10F5NOS. The maximum atomic E-state index is 13.0. The van der Waals surface area contributed by atoms with Crippen LogP contribution in [0.3, 0.4) is 0 Å². The Morgan fingerprint density at radius 1 is 1.04 bits per heavy atom. The summed E-state index contributed by atoms with van der Waals surface area (Å²) >= 11 is 0.906. The van der Waals surface area contributed by atoms with Gasteiger partial charge in [-0.2, -0.15) is 13.2 Å². The lowest BCUT2D eigenvalue weighted by Gasteiger charge is -2.09. The van der Waals surface area contributed by atoms with Crippen LogP contribution in [-0.4, -0.2) is 11.7 Å². The van der Waals surface area contributed by atoms with Crippen LogP contribution in [0.1, 0.15) is 5.56 Å². The molecule has 0 spiro atoms. The second-order valence-corrected chi connectivity index (χ2v) is 5.54. The molecule has 122 valence electrons. The van der Waals surface area contributed by atoms with E-state index in [0.717, 1.165) is 36.0 Å². The van der Waals surface area contributed by atoms with Crippen molar-refractivity contribution in [1.82, 2.24) is 0 Å². The van der Waals surface area contributed by atoms with Crippen LogP contribution in [0.2, 0.25) is 0 Å². The second-order valence-electron chi connectivity index (χ2n) is 4.49. The van der Waals surface area contributed by atoms with E-state index >= 15 is 0 Å². The number of nitrogens with one attached hydrogen (secondary N) is 1. The number of hydrogen-bond donors (Lipinski definition) is 1. The number of alkyl halides is 3. The van der Waals surface area contributed by atoms with Gasteiger partial charge in [-0.3, -0.25) is 4.79 Å². The summed E-state index contributed by atoms with van der Waals surface area (Å²) in [7, 11) is 0. The fourth-order valence-electron chi connectivity index (χ4n) is 1.68. The van der Waals surface area contributed by atoms with Gasteiger partial charge in [0, 0.05) is 16.6 Å². The Kier molecular flexibility index (Phi) is 5.25. The largest absolute Gasteiger partial charge is 0.416 e. The van der Waals surface area contributed by atoms with Crippen LogP contribution in [-0.2, 0) is 11.0 Å². The SMILES string of the molecule is O=C(CSc1cccc(C(F)(F)F)c1)Nc1ccc(F)c(F)c1. The fourth-order valence-corrected chi connectivity index (χ4v) is 2.44. The highest BCUT2D eigenvalue weighted by molar-refractivity contribution is 8.00. The predicted molar refractivity (Wildman–Crippen MR) is 77.2 cm³/mol. The lowest BCUT2D eigenvalue weighted by molar-refractivity contribution is -0.137. The molecule has 23 heavy (non-hydrogen) atoms. The first-order valence-corrected chi connectivity index (χ1v) is 7.29. The summed E-state index contributed by atoms with van der Waals surface area (Å²) in [5, 5.41) is 2.34. The minimum absolute atomic E-state index is 0.0681. The van der Waals surface area contributed by atoms with Crippen LogP contribution in [0.5, 0.6) is 0 Å². The zero-order valence-electron chi connectivity index (χ0n) is 11.5. The zero-order valence-corrected chi connectivity index (χ0v) is 12.3. The van der Waals surface area contributed by atoms with Crippen LogP contribution in [0, 0.1) is 11.6 Å². The average Bonchev–Trinajstić information content (AvgIpc) is 2.48. The first kappa shape index (κ1) is 17.3. The molecule has 0 heterocycles. The lowest BCUT2D eigenvalue weighted by Crippen LogP contribution is -2.14. The van der Waals surface area contributed by atoms with Gasteiger partial charge in [0.05, 0.1) is 11.3 Å². The highest BCUT2D eigenvalue weighted by atomic mass is 32.2. The van der Waals surface area contributed by atoms with Gasteiger partial charge < -0.3 is 5.32 Å². The quantitative estimate of drug-likeness (QED) is 0.641. The molecule has 2 aromatic carbocycles. The summed E-state index contributed by atoms with van der Waals surface area (Å²) in [6, 6.07) is 7.45. The molecule has 0 aliphatic carbocycles. The van der Waals surface area contributed by atoms with Crippen molar-refractivity contribution >= 4 is 23.4 Å². The molecule has 0 aliphatic rings. The van der Waals surface area contributed by atoms with E-state index < -0.39 is 29.3 Å². The zero-order chi connectivity index (χ0) is 17.0. The molecule has 2 nitrogen and oxygen atoms in total. The molecule has 0 radical (unpaired) electrons. The van der Waals surface area contributed by atoms with Gasteiger partial charge in [0.2, 0.25) is 5.91 Å². The summed E-state index contributed by atoms with van der Waals surface area (Å²) < 4.78 is 63.5. The van der Waals surface area contributed by atoms with Gasteiger partial charge >= 0.3 is 6.18 Å². The molecule has 0 aromatic heterocycles. The number of anilines is 1. The van der Waals surface area contributed by atoms with Gasteiger partial charge in [-0.25, -0.2) is 8.78 Å². The summed E-state index contributed by atoms with van der Waals surface area (Å²) in [5.74, 6) is -2.85. The highest BCUT2D eigenvalue weighted by Gasteiger charge is 2.30. The van der Waals surface area contributed by atoms with E-state index in [1.165, 1.54) is 18.2 Å². The fraction of sp³-hybridized carbons (Fsp3) is 0.133. The Hall–Kier alpha value is -2.09. The number of rotatable bonds is 4. The normalized spacial score (nSPS) is 11.3. The van der Waals surface area contributed by atoms with Gasteiger partial charge in [0.15, 0.2) is 11.6 Å². The minimum Gasteiger partial charge on any atom is -0.325 e. The van der Waals surface area contributed by atoms with Crippen molar-refractivity contribution in [2.45, 2.75) is 11.1 Å². The Morgan fingerprint density at radius 3 is 2.43 bits per heavy atom. The molecule has 0 fully saturated rings. The van der Waals surface area contributed by atoms with E-state index in [0.29, 0.717) is 0 Å². The van der Waals surface area contributed by atoms with Crippen molar-refractivity contribution in [3.05, 3.63) is 59.7 Å². The van der Waals surface area contributed by atoms with Crippen molar-refractivity contribution in [1.29, 1.82) is 0 Å². The molecule has 0 saturated carbocycles. The average molecular weight is 347 g/mol. The number of benzene rings is 2. The molecule has 0 bridgehead atoms. The van der Waals surface area contributed by atoms with Crippen molar-refractivity contribution in [3.63, 3.8) is 0 Å². The topological polar surface area (TPSA) is 29.1 Å². The number of carbonyl (C=O) groups is 1. The van der Waals surface area contributed by atoms with E-state index in [1.54, 1.807) is 0 Å². The molecule has 0 atom stereocenters. The molecule has 1 amide bonds. The highest BCUT2D eigenvalue weighted by Crippen LogP contribution is 2.31. The summed E-state index contributed by atoms with van der Waals surface area (Å²) in [6.45, 7) is 0. The summed E-state index contributed by atoms with van der Waals surface area (Å²) in [4.78, 5) is 12.0. The Morgan fingerprint density at radius 2 is 1.78 bits per heavy atom. The van der Waals surface area contributed by atoms with Crippen molar-refractivity contribution < 1.29 is 26.7 Å². The van der Waals surface area contributed by atoms with E-state index in [1.807, 2.05) is 0 Å². The Balaban J connectivity index is 1.95. The lowest BCUT2D eigenvalue weighted by atomic mass is 10.2. The smallest absolute Gasteiger partial charge is 0.325 e. The summed E-state index contributed by atoms with van der Waals surface area (Å²) in [5.41, 5.74) is -0.734. The molecular weight excluding hydrogens is 337 g/mol. The Bertz CT molecular complexity index is 717. The molecule has 0 saturated heterocycles. The van der Waals surface area contributed by atoms with Crippen LogP contribution in [0.25, 0.3) is 0 Å². The third-order valence-electron chi connectivity index (χ3n) is 2.73. The number of thioether (sulfide) groups is 1. The maximum absolute atomic E-state index is 13.0. The number of carbonyl (C=O) groups excluding carboxylic acids is 1. The monoisotopic (exact) mass is 347 g/mol. The first-order chi connectivity index (χ1) is 10.8. The van der Waals surface area contributed by atoms with Crippen LogP contribution >= 0.6 is 11.8 Å². The van der Waals surface area contributed by atoms with Crippen molar-refractivity contribution in [2.24, 2.45) is 0 Å². The van der Waals surface area contributed by atoms with Gasteiger partial charge in [0.1, 0.15) is 0 Å². The van der Waals surface area contributed by atoms with Crippen LogP contribution < -0.4 is 5.32 Å². The van der Waals surface area contributed by atoms with E-state index in [-0.39, 0.29) is 16.3 Å². The second kappa shape index (κ2) is 6.99. The van der Waals surface area contributed by atoms with E-state index in [9.17, 15) is 26.7 Å². The van der Waals surface area contributed by atoms with Crippen molar-refractivity contribution in [2.75, 3.05) is 11.1 Å². The third kappa shape index (κ3) is 4.95. The van der Waals surface area contributed by atoms with Crippen molar-refractivity contribution in [3.8, 4) is 0 Å². The Labute approximate surface area is 132 Å². The van der Waals surface area contributed by atoms with E-state index in [2.05, 4.69) is 5.32 Å². The maximum Gasteiger partial charge on any atom is 0.416 e. The minimum atomic E-state index is -4.45. The third-order valence-corrected chi connectivity index (χ3v) is 3.73. The molecule has 2 rings (SSSR count). The molecule has 2 aromatic rings. The van der Waals surface area contributed by atoms with Gasteiger partial charge in [-0.15, -0.1) is 11.8 Å². The number of hydrogen-bond acceptors (Lipinski definition) is 2. The molecule has 0 aliphatic heterocycles. The first-order valence-electron chi connectivity index (χ1n) is 6.30. The molecule has 8 heteroatoms. The van der Waals surface area contributed by atoms with Crippen LogP contribution in [0.4, 0.5) is 27.6 Å².